The number of anilines is 2. The molecule has 2 N–H and O–H groups in total. The molecule has 2 heterocycles. The lowest BCUT2D eigenvalue weighted by atomic mass is 10.1. The van der Waals surface area contributed by atoms with Gasteiger partial charge in [0.15, 0.2) is 0 Å². The second-order valence-electron chi connectivity index (χ2n) is 6.15. The van der Waals surface area contributed by atoms with Gasteiger partial charge in [0, 0.05) is 43.3 Å². The van der Waals surface area contributed by atoms with Crippen LogP contribution >= 0.6 is 0 Å². The van der Waals surface area contributed by atoms with Crippen molar-refractivity contribution in [3.63, 3.8) is 0 Å². The molecule has 7 nitrogen and oxygen atoms in total. The zero-order valence-electron chi connectivity index (χ0n) is 14.5. The van der Waals surface area contributed by atoms with Gasteiger partial charge in [0.1, 0.15) is 0 Å². The minimum absolute atomic E-state index is 0.0748. The van der Waals surface area contributed by atoms with Crippen LogP contribution in [0.3, 0.4) is 0 Å². The topological polar surface area (TPSA) is 91.4 Å². The molecule has 0 radical (unpaired) electrons. The number of hydrogen-bond donors (Lipinski definition) is 2. The van der Waals surface area contributed by atoms with Crippen molar-refractivity contribution >= 4 is 29.1 Å². The van der Waals surface area contributed by atoms with Crippen LogP contribution in [0.25, 0.3) is 0 Å². The first kappa shape index (κ1) is 17.6. The molecule has 0 bridgehead atoms. The lowest BCUT2D eigenvalue weighted by Gasteiger charge is -2.19. The van der Waals surface area contributed by atoms with Crippen molar-refractivity contribution in [2.24, 2.45) is 0 Å². The molecule has 1 aromatic carbocycles. The van der Waals surface area contributed by atoms with Gasteiger partial charge in [0.2, 0.25) is 5.91 Å². The van der Waals surface area contributed by atoms with Crippen molar-refractivity contribution in [1.82, 2.24) is 10.3 Å². The maximum absolute atomic E-state index is 12.1. The van der Waals surface area contributed by atoms with E-state index >= 15 is 0 Å². The zero-order valence-corrected chi connectivity index (χ0v) is 14.5. The van der Waals surface area contributed by atoms with E-state index in [-0.39, 0.29) is 12.5 Å². The fourth-order valence-electron chi connectivity index (χ4n) is 2.83. The molecule has 0 spiro atoms. The number of aryl methyl sites for hydroxylation is 1. The highest BCUT2D eigenvalue weighted by molar-refractivity contribution is 6.39. The van der Waals surface area contributed by atoms with Crippen molar-refractivity contribution in [1.29, 1.82) is 0 Å². The molecule has 2 aromatic rings. The van der Waals surface area contributed by atoms with Gasteiger partial charge >= 0.3 is 11.8 Å². The van der Waals surface area contributed by atoms with Crippen LogP contribution in [-0.2, 0) is 20.9 Å². The van der Waals surface area contributed by atoms with Crippen molar-refractivity contribution in [3.05, 3.63) is 53.9 Å². The minimum atomic E-state index is -0.753. The summed E-state index contributed by atoms with van der Waals surface area (Å²) in [5.41, 5.74) is 2.99. The molecule has 1 fully saturated rings. The summed E-state index contributed by atoms with van der Waals surface area (Å²) in [5.74, 6) is -1.41. The van der Waals surface area contributed by atoms with Gasteiger partial charge in [0.25, 0.3) is 0 Å². The van der Waals surface area contributed by atoms with Crippen molar-refractivity contribution in [3.8, 4) is 0 Å². The molecule has 0 unspecified atom stereocenters. The van der Waals surface area contributed by atoms with Gasteiger partial charge in [-0.25, -0.2) is 0 Å². The van der Waals surface area contributed by atoms with E-state index in [1.54, 1.807) is 35.5 Å². The van der Waals surface area contributed by atoms with E-state index in [1.807, 2.05) is 19.1 Å². The number of nitrogens with zero attached hydrogens (tertiary/aromatic N) is 2. The Hall–Kier alpha value is -3.22. The van der Waals surface area contributed by atoms with Crippen LogP contribution in [-0.4, -0.2) is 29.3 Å². The van der Waals surface area contributed by atoms with Crippen molar-refractivity contribution in [2.75, 3.05) is 16.8 Å². The molecule has 1 saturated heterocycles. The Morgan fingerprint density at radius 3 is 2.77 bits per heavy atom. The minimum Gasteiger partial charge on any atom is -0.344 e. The Labute approximate surface area is 151 Å². The van der Waals surface area contributed by atoms with Crippen LogP contribution in [0.2, 0.25) is 0 Å². The van der Waals surface area contributed by atoms with E-state index < -0.39 is 11.8 Å². The highest BCUT2D eigenvalue weighted by Gasteiger charge is 2.23. The summed E-state index contributed by atoms with van der Waals surface area (Å²) in [7, 11) is 0. The lowest BCUT2D eigenvalue weighted by Crippen LogP contribution is -2.35. The summed E-state index contributed by atoms with van der Waals surface area (Å²) in [5, 5.41) is 5.13. The van der Waals surface area contributed by atoms with Crippen LogP contribution in [0.15, 0.2) is 42.7 Å². The molecule has 7 heteroatoms. The molecular formula is C19H20N4O3. The average Bonchev–Trinajstić information content (AvgIpc) is 3.08. The number of hydrogen-bond acceptors (Lipinski definition) is 4. The number of carbonyl (C=O) groups is 3. The van der Waals surface area contributed by atoms with Crippen molar-refractivity contribution in [2.45, 2.75) is 26.3 Å². The standard InChI is InChI=1S/C19H20N4O3/c1-13-6-7-15(10-16(13)23-9-3-5-17(23)24)22-19(26)18(25)21-12-14-4-2-8-20-11-14/h2,4,6-8,10-11H,3,5,9,12H2,1H3,(H,21,25)(H,22,26). The fraction of sp³-hybridized carbons (Fsp3) is 0.263. The maximum atomic E-state index is 12.1. The highest BCUT2D eigenvalue weighted by atomic mass is 16.2. The van der Waals surface area contributed by atoms with E-state index in [1.165, 1.54) is 0 Å². The molecule has 0 aliphatic carbocycles. The van der Waals surface area contributed by atoms with Crippen molar-refractivity contribution < 1.29 is 14.4 Å². The number of carbonyl (C=O) groups excluding carboxylic acids is 3. The second kappa shape index (κ2) is 7.77. The first-order valence-corrected chi connectivity index (χ1v) is 8.43. The number of aromatic nitrogens is 1. The Bertz CT molecular complexity index is 836. The molecule has 0 atom stereocenters. The van der Waals surface area contributed by atoms with Gasteiger partial charge in [0.05, 0.1) is 0 Å². The second-order valence-corrected chi connectivity index (χ2v) is 6.15. The largest absolute Gasteiger partial charge is 0.344 e. The SMILES string of the molecule is Cc1ccc(NC(=O)C(=O)NCc2cccnc2)cc1N1CCCC1=O. The summed E-state index contributed by atoms with van der Waals surface area (Å²) >= 11 is 0. The van der Waals surface area contributed by atoms with Gasteiger partial charge in [-0.05, 0) is 42.7 Å². The molecule has 26 heavy (non-hydrogen) atoms. The lowest BCUT2D eigenvalue weighted by molar-refractivity contribution is -0.136. The Morgan fingerprint density at radius 1 is 1.23 bits per heavy atom. The molecule has 1 aliphatic rings. The third-order valence-electron chi connectivity index (χ3n) is 4.21. The van der Waals surface area contributed by atoms with Gasteiger partial charge in [-0.1, -0.05) is 12.1 Å². The van der Waals surface area contributed by atoms with Gasteiger partial charge in [-0.15, -0.1) is 0 Å². The Morgan fingerprint density at radius 2 is 2.08 bits per heavy atom. The third-order valence-corrected chi connectivity index (χ3v) is 4.21. The van der Waals surface area contributed by atoms with Gasteiger partial charge in [-0.2, -0.15) is 0 Å². The summed E-state index contributed by atoms with van der Waals surface area (Å²) in [6, 6.07) is 8.83. The molecular weight excluding hydrogens is 332 g/mol. The summed E-state index contributed by atoms with van der Waals surface area (Å²) < 4.78 is 0. The number of pyridine rings is 1. The molecule has 0 saturated carbocycles. The van der Waals surface area contributed by atoms with E-state index in [2.05, 4.69) is 15.6 Å². The zero-order chi connectivity index (χ0) is 18.5. The summed E-state index contributed by atoms with van der Waals surface area (Å²) in [6.07, 6.45) is 4.62. The van der Waals surface area contributed by atoms with Crippen LogP contribution in [0.4, 0.5) is 11.4 Å². The maximum Gasteiger partial charge on any atom is 0.313 e. The molecule has 3 rings (SSSR count). The number of benzene rings is 1. The van der Waals surface area contributed by atoms with Crippen LogP contribution < -0.4 is 15.5 Å². The molecule has 3 amide bonds. The average molecular weight is 352 g/mol. The quantitative estimate of drug-likeness (QED) is 0.821. The predicted octanol–water partition coefficient (Wildman–Crippen LogP) is 1.77. The molecule has 1 aliphatic heterocycles. The normalized spacial score (nSPS) is 13.6. The van der Waals surface area contributed by atoms with E-state index in [9.17, 15) is 14.4 Å². The molecule has 134 valence electrons. The first-order chi connectivity index (χ1) is 12.5. The number of amides is 3. The number of rotatable bonds is 4. The number of nitrogens with one attached hydrogen (secondary N) is 2. The predicted molar refractivity (Wildman–Crippen MR) is 97.5 cm³/mol. The van der Waals surface area contributed by atoms with Gasteiger partial charge < -0.3 is 15.5 Å². The van der Waals surface area contributed by atoms with Crippen LogP contribution in [0, 0.1) is 6.92 Å². The Kier molecular flexibility index (Phi) is 5.26. The van der Waals surface area contributed by atoms with E-state index in [0.29, 0.717) is 18.7 Å². The van der Waals surface area contributed by atoms with E-state index in [0.717, 1.165) is 23.2 Å². The van der Waals surface area contributed by atoms with Gasteiger partial charge in [-0.3, -0.25) is 19.4 Å². The highest BCUT2D eigenvalue weighted by Crippen LogP contribution is 2.28. The van der Waals surface area contributed by atoms with Crippen LogP contribution in [0.1, 0.15) is 24.0 Å². The Balaban J connectivity index is 1.63. The molecule has 1 aromatic heterocycles. The first-order valence-electron chi connectivity index (χ1n) is 8.43. The third kappa shape index (κ3) is 4.05. The summed E-state index contributed by atoms with van der Waals surface area (Å²) in [6.45, 7) is 2.80. The smallest absolute Gasteiger partial charge is 0.313 e. The summed E-state index contributed by atoms with van der Waals surface area (Å²) in [4.78, 5) is 41.7. The van der Waals surface area contributed by atoms with E-state index in [4.69, 9.17) is 0 Å². The fourth-order valence-corrected chi connectivity index (χ4v) is 2.83. The monoisotopic (exact) mass is 352 g/mol. The van der Waals surface area contributed by atoms with Crippen LogP contribution in [0.5, 0.6) is 0 Å².